The molecule has 6 nitrogen and oxygen atoms in total. The topological polar surface area (TPSA) is 84.4 Å². The Kier molecular flexibility index (Phi) is 6.52. The van der Waals surface area contributed by atoms with Crippen LogP contribution in [0.5, 0.6) is 0 Å². The van der Waals surface area contributed by atoms with E-state index in [0.717, 1.165) is 6.20 Å². The first-order valence-electron chi connectivity index (χ1n) is 8.49. The Morgan fingerprint density at radius 3 is 1.67 bits per heavy atom. The molecule has 0 aliphatic heterocycles. The Bertz CT molecular complexity index is 1200. The van der Waals surface area contributed by atoms with Crippen molar-refractivity contribution in [3.05, 3.63) is 93.4 Å². The predicted octanol–water partition coefficient (Wildman–Crippen LogP) is 4.57. The van der Waals surface area contributed by atoms with Gasteiger partial charge in [0.15, 0.2) is 4.24 Å². The van der Waals surface area contributed by atoms with Gasteiger partial charge in [-0.15, -0.1) is 0 Å². The second-order valence-corrected chi connectivity index (χ2v) is 11.1. The molecule has 0 bridgehead atoms. The van der Waals surface area contributed by atoms with Crippen LogP contribution in [-0.2, 0) is 19.7 Å². The molecular formula is C20H16Cl2N2O4S2. The largest absolute Gasteiger partial charge is 0.334 e. The van der Waals surface area contributed by atoms with Crippen molar-refractivity contribution in [2.75, 3.05) is 11.9 Å². The summed E-state index contributed by atoms with van der Waals surface area (Å²) in [6.07, 6.45) is 2.55. The molecule has 0 unspecified atom stereocenters. The molecule has 0 spiro atoms. The minimum absolute atomic E-state index is 0.204. The van der Waals surface area contributed by atoms with E-state index in [9.17, 15) is 16.8 Å². The van der Waals surface area contributed by atoms with E-state index in [0.29, 0.717) is 15.9 Å². The van der Waals surface area contributed by atoms with Gasteiger partial charge in [-0.1, -0.05) is 29.3 Å². The standard InChI is InChI=1S/C20H16Cl2N2O4S2/c1-24(19-4-2-3-13-23-19)14-20(29(25,26)17-9-5-15(21)6-10-17)30(27,28)18-11-7-16(22)8-12-18/h2-14H,1H3. The maximum Gasteiger partial charge on any atom is 0.219 e. The van der Waals surface area contributed by atoms with Crippen LogP contribution in [0.4, 0.5) is 5.82 Å². The molecule has 3 aromatic rings. The number of pyridine rings is 1. The fourth-order valence-electron chi connectivity index (χ4n) is 2.53. The van der Waals surface area contributed by atoms with Gasteiger partial charge in [0.2, 0.25) is 19.7 Å². The molecule has 0 aliphatic rings. The van der Waals surface area contributed by atoms with Crippen molar-refractivity contribution in [3.63, 3.8) is 0 Å². The van der Waals surface area contributed by atoms with Crippen LogP contribution in [0.1, 0.15) is 0 Å². The first kappa shape index (κ1) is 22.3. The molecule has 0 saturated heterocycles. The van der Waals surface area contributed by atoms with Crippen molar-refractivity contribution in [2.45, 2.75) is 9.79 Å². The van der Waals surface area contributed by atoms with Gasteiger partial charge in [0, 0.05) is 29.5 Å². The molecule has 2 aromatic carbocycles. The zero-order chi connectivity index (χ0) is 21.9. The highest BCUT2D eigenvalue weighted by molar-refractivity contribution is 8.14. The molecule has 156 valence electrons. The summed E-state index contributed by atoms with van der Waals surface area (Å²) in [7, 11) is -7.34. The third kappa shape index (κ3) is 4.67. The summed E-state index contributed by atoms with van der Waals surface area (Å²) in [4.78, 5) is 5.04. The molecule has 0 aliphatic carbocycles. The molecule has 1 aromatic heterocycles. The zero-order valence-electron chi connectivity index (χ0n) is 15.6. The van der Waals surface area contributed by atoms with Crippen LogP contribution in [0.15, 0.2) is 93.2 Å². The number of aromatic nitrogens is 1. The van der Waals surface area contributed by atoms with Crippen LogP contribution in [0.25, 0.3) is 0 Å². The predicted molar refractivity (Wildman–Crippen MR) is 118 cm³/mol. The Hall–Kier alpha value is -2.39. The molecule has 30 heavy (non-hydrogen) atoms. The molecule has 0 atom stereocenters. The minimum Gasteiger partial charge on any atom is -0.334 e. The van der Waals surface area contributed by atoms with E-state index < -0.39 is 23.9 Å². The van der Waals surface area contributed by atoms with E-state index >= 15 is 0 Å². The van der Waals surface area contributed by atoms with Crippen molar-refractivity contribution in [3.8, 4) is 0 Å². The van der Waals surface area contributed by atoms with E-state index in [4.69, 9.17) is 23.2 Å². The number of anilines is 1. The van der Waals surface area contributed by atoms with Gasteiger partial charge in [-0.05, 0) is 60.7 Å². The number of hydrogen-bond donors (Lipinski definition) is 0. The summed E-state index contributed by atoms with van der Waals surface area (Å²) in [5.74, 6) is 0.368. The fraction of sp³-hybridized carbons (Fsp3) is 0.0500. The Morgan fingerprint density at radius 1 is 0.800 bits per heavy atom. The summed E-state index contributed by atoms with van der Waals surface area (Å²) in [5.41, 5.74) is 0. The number of rotatable bonds is 6. The highest BCUT2D eigenvalue weighted by atomic mass is 35.5. The van der Waals surface area contributed by atoms with Gasteiger partial charge in [0.25, 0.3) is 0 Å². The van der Waals surface area contributed by atoms with Gasteiger partial charge >= 0.3 is 0 Å². The smallest absolute Gasteiger partial charge is 0.219 e. The maximum absolute atomic E-state index is 13.3. The molecule has 0 radical (unpaired) electrons. The summed E-state index contributed by atoms with van der Waals surface area (Å²) < 4.78 is 52.5. The Balaban J connectivity index is 2.22. The lowest BCUT2D eigenvalue weighted by Crippen LogP contribution is -2.20. The molecule has 0 fully saturated rings. The average molecular weight is 483 g/mol. The molecule has 3 rings (SSSR count). The van der Waals surface area contributed by atoms with Crippen molar-refractivity contribution in [1.82, 2.24) is 4.98 Å². The van der Waals surface area contributed by atoms with Crippen molar-refractivity contribution in [2.24, 2.45) is 0 Å². The minimum atomic E-state index is -4.42. The monoisotopic (exact) mass is 482 g/mol. The number of hydrogen-bond acceptors (Lipinski definition) is 6. The van der Waals surface area contributed by atoms with Crippen molar-refractivity contribution >= 4 is 48.7 Å². The zero-order valence-corrected chi connectivity index (χ0v) is 18.8. The van der Waals surface area contributed by atoms with Crippen LogP contribution in [0.3, 0.4) is 0 Å². The van der Waals surface area contributed by atoms with Gasteiger partial charge in [0.05, 0.1) is 9.79 Å². The Labute approximate surface area is 185 Å². The van der Waals surface area contributed by atoms with Gasteiger partial charge in [-0.25, -0.2) is 21.8 Å². The Morgan fingerprint density at radius 2 is 1.27 bits per heavy atom. The van der Waals surface area contributed by atoms with Gasteiger partial charge in [-0.2, -0.15) is 0 Å². The summed E-state index contributed by atoms with van der Waals surface area (Å²) in [6.45, 7) is 0. The molecule has 0 N–H and O–H groups in total. The quantitative estimate of drug-likeness (QED) is 0.511. The molecule has 0 amide bonds. The number of nitrogens with zero attached hydrogens (tertiary/aromatic N) is 2. The highest BCUT2D eigenvalue weighted by Gasteiger charge is 2.34. The van der Waals surface area contributed by atoms with Crippen LogP contribution >= 0.6 is 23.2 Å². The summed E-state index contributed by atoms with van der Waals surface area (Å²) in [6, 6.07) is 15.5. The molecule has 10 heteroatoms. The highest BCUT2D eigenvalue weighted by Crippen LogP contribution is 2.31. The van der Waals surface area contributed by atoms with Gasteiger partial charge in [-0.3, -0.25) is 0 Å². The van der Waals surface area contributed by atoms with E-state index in [1.165, 1.54) is 66.7 Å². The third-order valence-electron chi connectivity index (χ3n) is 4.09. The van der Waals surface area contributed by atoms with E-state index in [1.54, 1.807) is 18.2 Å². The second kappa shape index (κ2) is 8.77. The van der Waals surface area contributed by atoms with E-state index in [2.05, 4.69) is 4.98 Å². The number of benzene rings is 2. The second-order valence-electron chi connectivity index (χ2n) is 6.16. The first-order valence-corrected chi connectivity index (χ1v) is 12.2. The van der Waals surface area contributed by atoms with Crippen LogP contribution in [-0.4, -0.2) is 28.9 Å². The lowest BCUT2D eigenvalue weighted by atomic mass is 10.4. The van der Waals surface area contributed by atoms with Crippen LogP contribution < -0.4 is 4.90 Å². The molecular weight excluding hydrogens is 467 g/mol. The van der Waals surface area contributed by atoms with Crippen molar-refractivity contribution in [1.29, 1.82) is 0 Å². The van der Waals surface area contributed by atoms with Crippen LogP contribution in [0.2, 0.25) is 10.0 Å². The normalized spacial score (nSPS) is 11.7. The SMILES string of the molecule is CN(C=C(S(=O)(=O)c1ccc(Cl)cc1)S(=O)(=O)c1ccc(Cl)cc1)c1ccccn1. The van der Waals surface area contributed by atoms with Gasteiger partial charge in [0.1, 0.15) is 5.82 Å². The maximum atomic E-state index is 13.3. The van der Waals surface area contributed by atoms with Crippen molar-refractivity contribution < 1.29 is 16.8 Å². The summed E-state index contributed by atoms with van der Waals surface area (Å²) in [5, 5.41) is 0.649. The third-order valence-corrected chi connectivity index (χ3v) is 8.96. The first-order chi connectivity index (χ1) is 14.1. The molecule has 1 heterocycles. The lowest BCUT2D eigenvalue weighted by molar-refractivity contribution is 0.595. The number of halogens is 2. The number of sulfone groups is 2. The summed E-state index contributed by atoms with van der Waals surface area (Å²) >= 11 is 11.7. The molecule has 0 saturated carbocycles. The lowest BCUT2D eigenvalue weighted by Gasteiger charge is -2.17. The van der Waals surface area contributed by atoms with Gasteiger partial charge < -0.3 is 4.90 Å². The average Bonchev–Trinajstić information content (AvgIpc) is 2.73. The van der Waals surface area contributed by atoms with Crippen LogP contribution in [0, 0.1) is 0 Å². The van der Waals surface area contributed by atoms with E-state index in [-0.39, 0.29) is 9.79 Å². The fourth-order valence-corrected chi connectivity index (χ4v) is 6.56. The van der Waals surface area contributed by atoms with E-state index in [1.807, 2.05) is 0 Å².